The molecular weight excluding hydrogens is 168 g/mol. The molecule has 0 heterocycles. The Hall–Kier alpha value is -0.780. The van der Waals surface area contributed by atoms with Gasteiger partial charge in [-0.15, -0.1) is 0 Å². The molecule has 0 unspecified atom stereocenters. The van der Waals surface area contributed by atoms with E-state index in [-0.39, 0.29) is 0 Å². The van der Waals surface area contributed by atoms with E-state index in [1.54, 1.807) is 16.7 Å². The van der Waals surface area contributed by atoms with Crippen LogP contribution >= 0.6 is 0 Å². The Bertz CT molecular complexity index is 313. The Balaban J connectivity index is 2.33. The van der Waals surface area contributed by atoms with Crippen LogP contribution in [0.3, 0.4) is 0 Å². The summed E-state index contributed by atoms with van der Waals surface area (Å²) in [6.45, 7) is 4.59. The highest BCUT2D eigenvalue weighted by Crippen LogP contribution is 2.35. The van der Waals surface area contributed by atoms with Gasteiger partial charge in [-0.3, -0.25) is 0 Å². The van der Waals surface area contributed by atoms with Crippen molar-refractivity contribution in [3.05, 3.63) is 34.4 Å². The summed E-state index contributed by atoms with van der Waals surface area (Å²) in [5.41, 5.74) is 6.51. The molecule has 2 rings (SSSR count). The second kappa shape index (κ2) is 4.16. The standard InChI is InChI=1S/C14H20/c1-11-7-3-5-9-13(11)14-10-6-4-8-12(14)2/h3,7H,4-6,8-10H2,1-2H3. The van der Waals surface area contributed by atoms with Crippen LogP contribution in [0.15, 0.2) is 34.4 Å². The second-order valence-corrected chi connectivity index (χ2v) is 4.57. The van der Waals surface area contributed by atoms with Gasteiger partial charge in [0.25, 0.3) is 0 Å². The quantitative estimate of drug-likeness (QED) is 0.566. The van der Waals surface area contributed by atoms with E-state index in [1.165, 1.54) is 44.1 Å². The van der Waals surface area contributed by atoms with Gasteiger partial charge in [0, 0.05) is 0 Å². The number of hydrogen-bond acceptors (Lipinski definition) is 0. The van der Waals surface area contributed by atoms with E-state index >= 15 is 0 Å². The summed E-state index contributed by atoms with van der Waals surface area (Å²) in [5.74, 6) is 0. The zero-order valence-corrected chi connectivity index (χ0v) is 9.40. The molecule has 0 aromatic heterocycles. The summed E-state index contributed by atoms with van der Waals surface area (Å²) < 4.78 is 0. The first-order valence-corrected chi connectivity index (χ1v) is 5.84. The van der Waals surface area contributed by atoms with Gasteiger partial charge in [0.05, 0.1) is 0 Å². The minimum absolute atomic E-state index is 1.24. The van der Waals surface area contributed by atoms with Crippen LogP contribution < -0.4 is 0 Å². The van der Waals surface area contributed by atoms with E-state index in [1.807, 2.05) is 0 Å². The molecule has 0 radical (unpaired) electrons. The lowest BCUT2D eigenvalue weighted by Crippen LogP contribution is -2.03. The molecule has 0 saturated heterocycles. The van der Waals surface area contributed by atoms with Crippen molar-refractivity contribution in [3.8, 4) is 0 Å². The highest BCUT2D eigenvalue weighted by Gasteiger charge is 2.15. The van der Waals surface area contributed by atoms with Crippen molar-refractivity contribution in [1.82, 2.24) is 0 Å². The van der Waals surface area contributed by atoms with Gasteiger partial charge in [-0.05, 0) is 69.1 Å². The number of rotatable bonds is 1. The van der Waals surface area contributed by atoms with Gasteiger partial charge < -0.3 is 0 Å². The van der Waals surface area contributed by atoms with Crippen molar-refractivity contribution in [2.75, 3.05) is 0 Å². The molecule has 14 heavy (non-hydrogen) atoms. The zero-order valence-electron chi connectivity index (χ0n) is 9.40. The van der Waals surface area contributed by atoms with Crippen LogP contribution in [0.1, 0.15) is 52.4 Å². The first-order valence-electron chi connectivity index (χ1n) is 5.84. The monoisotopic (exact) mass is 188 g/mol. The SMILES string of the molecule is CC1=C(C2=C(C)CCCC2)CCC=C1. The predicted molar refractivity (Wildman–Crippen MR) is 62.2 cm³/mol. The van der Waals surface area contributed by atoms with Gasteiger partial charge >= 0.3 is 0 Å². The molecule has 0 bridgehead atoms. The average molecular weight is 188 g/mol. The maximum Gasteiger partial charge on any atom is -0.0239 e. The van der Waals surface area contributed by atoms with Crippen LogP contribution in [0.2, 0.25) is 0 Å². The summed E-state index contributed by atoms with van der Waals surface area (Å²) in [7, 11) is 0. The van der Waals surface area contributed by atoms with Crippen LogP contribution in [0.25, 0.3) is 0 Å². The molecule has 0 N–H and O–H groups in total. The Morgan fingerprint density at radius 2 is 1.71 bits per heavy atom. The second-order valence-electron chi connectivity index (χ2n) is 4.57. The Morgan fingerprint density at radius 3 is 2.43 bits per heavy atom. The van der Waals surface area contributed by atoms with Crippen LogP contribution in [0.4, 0.5) is 0 Å². The van der Waals surface area contributed by atoms with Gasteiger partial charge in [-0.1, -0.05) is 17.7 Å². The van der Waals surface area contributed by atoms with Gasteiger partial charge in [0.1, 0.15) is 0 Å². The molecule has 0 aliphatic heterocycles. The zero-order chi connectivity index (χ0) is 9.97. The van der Waals surface area contributed by atoms with Crippen molar-refractivity contribution >= 4 is 0 Å². The topological polar surface area (TPSA) is 0 Å². The molecule has 0 amide bonds. The first-order chi connectivity index (χ1) is 6.79. The highest BCUT2D eigenvalue weighted by atomic mass is 14.2. The fourth-order valence-corrected chi connectivity index (χ4v) is 2.64. The van der Waals surface area contributed by atoms with E-state index in [4.69, 9.17) is 0 Å². The molecule has 0 spiro atoms. The molecule has 76 valence electrons. The highest BCUT2D eigenvalue weighted by molar-refractivity contribution is 5.44. The lowest BCUT2D eigenvalue weighted by molar-refractivity contribution is 0.669. The predicted octanol–water partition coefficient (Wildman–Crippen LogP) is 4.54. The molecular formula is C14H20. The minimum atomic E-state index is 1.24. The summed E-state index contributed by atoms with van der Waals surface area (Å²) in [6, 6.07) is 0. The third kappa shape index (κ3) is 1.84. The Kier molecular flexibility index (Phi) is 2.90. The Morgan fingerprint density at radius 1 is 0.929 bits per heavy atom. The fraction of sp³-hybridized carbons (Fsp3) is 0.571. The molecule has 0 nitrogen and oxygen atoms in total. The minimum Gasteiger partial charge on any atom is -0.0839 e. The van der Waals surface area contributed by atoms with Crippen molar-refractivity contribution in [3.63, 3.8) is 0 Å². The molecule has 0 aromatic rings. The number of hydrogen-bond donors (Lipinski definition) is 0. The van der Waals surface area contributed by atoms with Crippen LogP contribution in [-0.4, -0.2) is 0 Å². The maximum atomic E-state index is 2.33. The van der Waals surface area contributed by atoms with Gasteiger partial charge in [-0.2, -0.15) is 0 Å². The van der Waals surface area contributed by atoms with Crippen LogP contribution in [-0.2, 0) is 0 Å². The maximum absolute atomic E-state index is 2.33. The van der Waals surface area contributed by atoms with Crippen molar-refractivity contribution < 1.29 is 0 Å². The third-order valence-electron chi connectivity index (χ3n) is 3.51. The van der Waals surface area contributed by atoms with E-state index < -0.39 is 0 Å². The fourth-order valence-electron chi connectivity index (χ4n) is 2.64. The number of allylic oxidation sites excluding steroid dienone is 6. The lowest BCUT2D eigenvalue weighted by Gasteiger charge is -2.23. The van der Waals surface area contributed by atoms with Crippen LogP contribution in [0.5, 0.6) is 0 Å². The summed E-state index contributed by atoms with van der Waals surface area (Å²) >= 11 is 0. The molecule has 0 fully saturated rings. The first kappa shape index (κ1) is 9.76. The molecule has 2 aliphatic rings. The largest absolute Gasteiger partial charge is 0.0839 e. The van der Waals surface area contributed by atoms with Gasteiger partial charge in [0.2, 0.25) is 0 Å². The van der Waals surface area contributed by atoms with Gasteiger partial charge in [0.15, 0.2) is 0 Å². The van der Waals surface area contributed by atoms with Crippen molar-refractivity contribution in [2.45, 2.75) is 52.4 Å². The average Bonchev–Trinajstić information content (AvgIpc) is 2.20. The summed E-state index contributed by atoms with van der Waals surface area (Å²) in [5, 5.41) is 0. The third-order valence-corrected chi connectivity index (χ3v) is 3.51. The van der Waals surface area contributed by atoms with Crippen molar-refractivity contribution in [1.29, 1.82) is 0 Å². The summed E-state index contributed by atoms with van der Waals surface area (Å²) in [4.78, 5) is 0. The van der Waals surface area contributed by atoms with Gasteiger partial charge in [-0.25, -0.2) is 0 Å². The molecule has 0 heteroatoms. The van der Waals surface area contributed by atoms with E-state index in [0.717, 1.165) is 0 Å². The van der Waals surface area contributed by atoms with E-state index in [2.05, 4.69) is 26.0 Å². The summed E-state index contributed by atoms with van der Waals surface area (Å²) in [6.07, 6.45) is 12.6. The van der Waals surface area contributed by atoms with Crippen LogP contribution in [0, 0.1) is 0 Å². The molecule has 0 atom stereocenters. The lowest BCUT2D eigenvalue weighted by atomic mass is 9.83. The van der Waals surface area contributed by atoms with Crippen molar-refractivity contribution in [2.24, 2.45) is 0 Å². The molecule has 0 aromatic carbocycles. The molecule has 2 aliphatic carbocycles. The molecule has 0 saturated carbocycles. The Labute approximate surface area is 87.4 Å². The van der Waals surface area contributed by atoms with E-state index in [9.17, 15) is 0 Å². The smallest absolute Gasteiger partial charge is 0.0239 e. The van der Waals surface area contributed by atoms with E-state index in [0.29, 0.717) is 0 Å². The normalized spacial score (nSPS) is 23.3.